The van der Waals surface area contributed by atoms with Crippen molar-refractivity contribution in [3.63, 3.8) is 0 Å². The highest BCUT2D eigenvalue weighted by atomic mass is 16.4. The van der Waals surface area contributed by atoms with Gasteiger partial charge in [-0.25, -0.2) is 0 Å². The van der Waals surface area contributed by atoms with E-state index in [1.165, 1.54) is 70.3 Å². The minimum Gasteiger partial charge on any atom is -0.394 e. The number of carbonyl (C=O) groups is 1. The number of rotatable bonds is 17. The van der Waals surface area contributed by atoms with E-state index in [1.807, 2.05) is 6.08 Å². The van der Waals surface area contributed by atoms with Gasteiger partial charge in [-0.15, -0.1) is 0 Å². The summed E-state index contributed by atoms with van der Waals surface area (Å²) in [5.41, 5.74) is 0. The highest BCUT2D eigenvalue weighted by Crippen LogP contribution is 2.12. The molecule has 0 rings (SSSR count). The Balaban J connectivity index is 3.46. The van der Waals surface area contributed by atoms with Crippen molar-refractivity contribution in [2.75, 3.05) is 6.61 Å². The van der Waals surface area contributed by atoms with Gasteiger partial charge in [0, 0.05) is 0 Å². The van der Waals surface area contributed by atoms with Crippen LogP contribution in [0.1, 0.15) is 84.0 Å². The number of aliphatic hydroxyl groups is 3. The fourth-order valence-corrected chi connectivity index (χ4v) is 2.64. The van der Waals surface area contributed by atoms with Gasteiger partial charge in [0.2, 0.25) is 0 Å². The van der Waals surface area contributed by atoms with Crippen LogP contribution in [-0.2, 0) is 4.79 Å². The van der Waals surface area contributed by atoms with Crippen molar-refractivity contribution >= 4 is 5.78 Å². The van der Waals surface area contributed by atoms with Crippen LogP contribution < -0.4 is 0 Å². The van der Waals surface area contributed by atoms with E-state index in [1.54, 1.807) is 12.2 Å². The first-order valence-electron chi connectivity index (χ1n) is 9.97. The van der Waals surface area contributed by atoms with E-state index < -0.39 is 24.6 Å². The number of hydrogen-bond donors (Lipinski definition) is 3. The second-order valence-corrected chi connectivity index (χ2v) is 6.71. The van der Waals surface area contributed by atoms with E-state index in [0.717, 1.165) is 12.8 Å². The molecule has 0 radical (unpaired) electrons. The predicted molar refractivity (Wildman–Crippen MR) is 103 cm³/mol. The van der Waals surface area contributed by atoms with E-state index in [-0.39, 0.29) is 0 Å². The molecule has 0 aromatic rings. The molecule has 0 saturated heterocycles. The Morgan fingerprint density at radius 1 is 0.840 bits per heavy atom. The molecular formula is C21H38O4. The SMILES string of the molecule is CCCCCCCCCCCCCC=CC=CC(=O)C(O)C(O)CO. The normalized spacial score (nSPS) is 14.4. The van der Waals surface area contributed by atoms with Gasteiger partial charge >= 0.3 is 0 Å². The average molecular weight is 355 g/mol. The number of allylic oxidation sites excluding steroid dienone is 3. The molecule has 0 aliphatic heterocycles. The maximum Gasteiger partial charge on any atom is 0.186 e. The number of carbonyl (C=O) groups excluding carboxylic acids is 1. The third kappa shape index (κ3) is 15.0. The molecule has 0 bridgehead atoms. The van der Waals surface area contributed by atoms with Crippen LogP contribution in [0.3, 0.4) is 0 Å². The maximum atomic E-state index is 11.4. The zero-order valence-electron chi connectivity index (χ0n) is 15.9. The summed E-state index contributed by atoms with van der Waals surface area (Å²) in [5, 5.41) is 27.2. The monoisotopic (exact) mass is 354 g/mol. The Hall–Kier alpha value is -0.970. The topological polar surface area (TPSA) is 77.8 Å². The van der Waals surface area contributed by atoms with Crippen molar-refractivity contribution in [2.45, 2.75) is 96.2 Å². The van der Waals surface area contributed by atoms with Gasteiger partial charge in [0.1, 0.15) is 12.2 Å². The lowest BCUT2D eigenvalue weighted by Gasteiger charge is -2.11. The minimum atomic E-state index is -1.55. The van der Waals surface area contributed by atoms with Gasteiger partial charge in [-0.3, -0.25) is 4.79 Å². The molecule has 0 spiro atoms. The Morgan fingerprint density at radius 2 is 1.36 bits per heavy atom. The van der Waals surface area contributed by atoms with Gasteiger partial charge in [0.05, 0.1) is 6.61 Å². The van der Waals surface area contributed by atoms with E-state index in [4.69, 9.17) is 10.2 Å². The van der Waals surface area contributed by atoms with Gasteiger partial charge in [-0.2, -0.15) is 0 Å². The van der Waals surface area contributed by atoms with Crippen molar-refractivity contribution < 1.29 is 20.1 Å². The van der Waals surface area contributed by atoms with Crippen LogP contribution in [0.4, 0.5) is 0 Å². The highest BCUT2D eigenvalue weighted by molar-refractivity contribution is 5.94. The van der Waals surface area contributed by atoms with Crippen LogP contribution in [0.15, 0.2) is 24.3 Å². The first-order chi connectivity index (χ1) is 12.1. The lowest BCUT2D eigenvalue weighted by Crippen LogP contribution is -2.35. The second-order valence-electron chi connectivity index (χ2n) is 6.71. The first kappa shape index (κ1) is 24.0. The average Bonchev–Trinajstić information content (AvgIpc) is 2.63. The lowest BCUT2D eigenvalue weighted by atomic mass is 10.1. The molecule has 0 aromatic carbocycles. The zero-order chi connectivity index (χ0) is 18.8. The smallest absolute Gasteiger partial charge is 0.186 e. The number of aliphatic hydroxyl groups excluding tert-OH is 3. The van der Waals surface area contributed by atoms with Gasteiger partial charge in [0.15, 0.2) is 5.78 Å². The number of hydrogen-bond acceptors (Lipinski definition) is 4. The molecule has 4 heteroatoms. The van der Waals surface area contributed by atoms with Gasteiger partial charge in [-0.1, -0.05) is 89.4 Å². The Morgan fingerprint density at radius 3 is 1.88 bits per heavy atom. The predicted octanol–water partition coefficient (Wildman–Crippen LogP) is 4.08. The van der Waals surface area contributed by atoms with Crippen LogP contribution in [0, 0.1) is 0 Å². The quantitative estimate of drug-likeness (QED) is 0.209. The van der Waals surface area contributed by atoms with Gasteiger partial charge in [-0.05, 0) is 18.9 Å². The van der Waals surface area contributed by atoms with E-state index in [2.05, 4.69) is 6.92 Å². The van der Waals surface area contributed by atoms with Crippen molar-refractivity contribution in [3.8, 4) is 0 Å². The van der Waals surface area contributed by atoms with Crippen molar-refractivity contribution in [1.29, 1.82) is 0 Å². The van der Waals surface area contributed by atoms with Crippen LogP contribution >= 0.6 is 0 Å². The van der Waals surface area contributed by atoms with Crippen LogP contribution in [0.5, 0.6) is 0 Å². The summed E-state index contributed by atoms with van der Waals surface area (Å²) >= 11 is 0. The number of ketones is 1. The molecular weight excluding hydrogens is 316 g/mol. The Kier molecular flexibility index (Phi) is 17.1. The Labute approximate surface area is 153 Å². The third-order valence-electron chi connectivity index (χ3n) is 4.33. The summed E-state index contributed by atoms with van der Waals surface area (Å²) < 4.78 is 0. The third-order valence-corrected chi connectivity index (χ3v) is 4.33. The van der Waals surface area contributed by atoms with Crippen LogP contribution in [0.2, 0.25) is 0 Å². The van der Waals surface area contributed by atoms with E-state index in [0.29, 0.717) is 0 Å². The molecule has 4 nitrogen and oxygen atoms in total. The van der Waals surface area contributed by atoms with Crippen molar-refractivity contribution in [1.82, 2.24) is 0 Å². The molecule has 25 heavy (non-hydrogen) atoms. The summed E-state index contributed by atoms with van der Waals surface area (Å²) in [6.07, 6.45) is 19.2. The Bertz CT molecular complexity index is 363. The first-order valence-corrected chi connectivity index (χ1v) is 9.97. The van der Waals surface area contributed by atoms with E-state index in [9.17, 15) is 9.90 Å². The molecule has 0 amide bonds. The molecule has 146 valence electrons. The zero-order valence-corrected chi connectivity index (χ0v) is 15.9. The molecule has 0 fully saturated rings. The summed E-state index contributed by atoms with van der Waals surface area (Å²) in [5.74, 6) is -0.596. The molecule has 0 saturated carbocycles. The van der Waals surface area contributed by atoms with E-state index >= 15 is 0 Å². The van der Waals surface area contributed by atoms with Gasteiger partial charge < -0.3 is 15.3 Å². The largest absolute Gasteiger partial charge is 0.394 e. The minimum absolute atomic E-state index is 0.596. The van der Waals surface area contributed by atoms with Crippen LogP contribution in [0.25, 0.3) is 0 Å². The molecule has 0 aromatic heterocycles. The van der Waals surface area contributed by atoms with Crippen LogP contribution in [-0.4, -0.2) is 39.9 Å². The lowest BCUT2D eigenvalue weighted by molar-refractivity contribution is -0.129. The fourth-order valence-electron chi connectivity index (χ4n) is 2.64. The van der Waals surface area contributed by atoms with Gasteiger partial charge in [0.25, 0.3) is 0 Å². The molecule has 3 N–H and O–H groups in total. The van der Waals surface area contributed by atoms with Crippen molar-refractivity contribution in [3.05, 3.63) is 24.3 Å². The molecule has 0 aliphatic rings. The molecule has 0 aliphatic carbocycles. The summed E-state index contributed by atoms with van der Waals surface area (Å²) in [4.78, 5) is 11.4. The molecule has 0 heterocycles. The highest BCUT2D eigenvalue weighted by Gasteiger charge is 2.20. The fraction of sp³-hybridized carbons (Fsp3) is 0.762. The summed E-state index contributed by atoms with van der Waals surface area (Å²) in [6.45, 7) is 1.62. The standard InChI is InChI=1S/C21H38O4/c1-2-3-4-5-6-7-8-9-10-11-12-13-14-15-16-17-19(23)21(25)20(24)18-22/h14-17,20-22,24-25H,2-13,18H2,1H3. The maximum absolute atomic E-state index is 11.4. The molecule has 2 atom stereocenters. The van der Waals surface area contributed by atoms with Crippen molar-refractivity contribution in [2.24, 2.45) is 0 Å². The summed E-state index contributed by atoms with van der Waals surface area (Å²) in [7, 11) is 0. The summed E-state index contributed by atoms with van der Waals surface area (Å²) in [6, 6.07) is 0. The number of unbranched alkanes of at least 4 members (excludes halogenated alkanes) is 11. The second kappa shape index (κ2) is 17.8. The molecule has 2 unspecified atom stereocenters.